The molecule has 0 fully saturated rings. The van der Waals surface area contributed by atoms with Crippen molar-refractivity contribution in [2.24, 2.45) is 5.41 Å². The van der Waals surface area contributed by atoms with E-state index >= 15 is 0 Å². The first-order valence-electron chi connectivity index (χ1n) is 8.04. The minimum Gasteiger partial charge on any atom is -0.465 e. The Morgan fingerprint density at radius 3 is 1.77 bits per heavy atom. The fourth-order valence-corrected chi connectivity index (χ4v) is 1.76. The van der Waals surface area contributed by atoms with Crippen LogP contribution in [0.1, 0.15) is 33.6 Å². The van der Waals surface area contributed by atoms with Crippen molar-refractivity contribution in [3.8, 4) is 0 Å². The van der Waals surface area contributed by atoms with E-state index in [2.05, 4.69) is 9.47 Å². The zero-order valence-corrected chi connectivity index (χ0v) is 15.6. The van der Waals surface area contributed by atoms with Crippen molar-refractivity contribution in [3.05, 3.63) is 0 Å². The average Bonchev–Trinajstić information content (AvgIpc) is 2.56. The second kappa shape index (κ2) is 9.14. The van der Waals surface area contributed by atoms with Gasteiger partial charge in [-0.3, -0.25) is 9.59 Å². The largest absolute Gasteiger partial charge is 0.465 e. The number of esters is 2. The van der Waals surface area contributed by atoms with Gasteiger partial charge in [-0.2, -0.15) is 35.1 Å². The van der Waals surface area contributed by atoms with Crippen LogP contribution in [0.4, 0.5) is 43.9 Å². The summed E-state index contributed by atoms with van der Waals surface area (Å²) in [7, 11) is 0. The van der Waals surface area contributed by atoms with Gasteiger partial charge >= 0.3 is 30.2 Å². The lowest BCUT2D eigenvalue weighted by atomic mass is 9.90. The van der Waals surface area contributed by atoms with Crippen LogP contribution in [0.5, 0.6) is 0 Å². The third-order valence-electron chi connectivity index (χ3n) is 4.11. The first-order chi connectivity index (χ1) is 13.2. The van der Waals surface area contributed by atoms with Crippen LogP contribution in [-0.2, 0) is 19.1 Å². The first-order valence-corrected chi connectivity index (χ1v) is 8.04. The van der Waals surface area contributed by atoms with Crippen molar-refractivity contribution in [2.75, 3.05) is 6.61 Å². The summed E-state index contributed by atoms with van der Waals surface area (Å²) in [4.78, 5) is 23.0. The van der Waals surface area contributed by atoms with Gasteiger partial charge in [0.05, 0.1) is 11.8 Å². The zero-order valence-electron chi connectivity index (χ0n) is 15.6. The van der Waals surface area contributed by atoms with Gasteiger partial charge in [-0.05, 0) is 20.3 Å². The number of hydrogen-bond acceptors (Lipinski definition) is 5. The molecule has 0 saturated heterocycles. The fourth-order valence-electron chi connectivity index (χ4n) is 1.76. The number of rotatable bonds is 9. The molecule has 5 nitrogen and oxygen atoms in total. The summed E-state index contributed by atoms with van der Waals surface area (Å²) in [6, 6.07) is 0. The number of ether oxygens (including phenoxy) is 2. The van der Waals surface area contributed by atoms with Gasteiger partial charge in [0.25, 0.3) is 18.1 Å². The maximum atomic E-state index is 13.9. The SMILES string of the molecule is CCC(C)(C)C(=O)OCCC(=O)OC(C(F)(F)F)C(F)(F)C(O)(C(F)F)C(F)(F)F. The van der Waals surface area contributed by atoms with E-state index in [0.717, 1.165) is 0 Å². The molecule has 178 valence electrons. The Morgan fingerprint density at radius 1 is 0.967 bits per heavy atom. The lowest BCUT2D eigenvalue weighted by molar-refractivity contribution is -0.401. The number of hydrogen-bond donors (Lipinski definition) is 1. The van der Waals surface area contributed by atoms with Crippen LogP contribution in [0, 0.1) is 5.41 Å². The highest BCUT2D eigenvalue weighted by Crippen LogP contribution is 2.51. The minimum atomic E-state index is -6.93. The van der Waals surface area contributed by atoms with E-state index in [0.29, 0.717) is 0 Å². The van der Waals surface area contributed by atoms with Crippen molar-refractivity contribution in [1.29, 1.82) is 0 Å². The van der Waals surface area contributed by atoms with Gasteiger partial charge < -0.3 is 14.6 Å². The van der Waals surface area contributed by atoms with Crippen LogP contribution in [0.3, 0.4) is 0 Å². The molecule has 0 aliphatic heterocycles. The summed E-state index contributed by atoms with van der Waals surface area (Å²) in [6.07, 6.45) is -25.0. The highest BCUT2D eigenvalue weighted by atomic mass is 19.4. The topological polar surface area (TPSA) is 72.8 Å². The van der Waals surface area contributed by atoms with E-state index in [1.165, 1.54) is 13.8 Å². The van der Waals surface area contributed by atoms with Crippen LogP contribution in [0.15, 0.2) is 0 Å². The first kappa shape index (κ1) is 28.2. The molecule has 0 aromatic carbocycles. The van der Waals surface area contributed by atoms with Gasteiger partial charge in [0.15, 0.2) is 0 Å². The zero-order chi connectivity index (χ0) is 24.3. The molecule has 15 heteroatoms. The number of carbonyl (C=O) groups is 2. The lowest BCUT2D eigenvalue weighted by Crippen LogP contribution is -2.70. The predicted octanol–water partition coefficient (Wildman–Crippen LogP) is 4.02. The van der Waals surface area contributed by atoms with Crippen LogP contribution in [-0.4, -0.2) is 60.1 Å². The Labute approximate surface area is 163 Å². The summed E-state index contributed by atoms with van der Waals surface area (Å²) in [5.74, 6) is -9.90. The number of aliphatic hydroxyl groups is 1. The van der Waals surface area contributed by atoms with E-state index in [-0.39, 0.29) is 6.42 Å². The molecule has 0 spiro atoms. The molecule has 0 aliphatic rings. The Hall–Kier alpha value is -1.80. The molecule has 0 aliphatic carbocycles. The molecular formula is C15H18F10O5. The fraction of sp³-hybridized carbons (Fsp3) is 0.867. The second-order valence-electron chi connectivity index (χ2n) is 6.72. The van der Waals surface area contributed by atoms with Gasteiger partial charge in [-0.1, -0.05) is 6.92 Å². The Balaban J connectivity index is 5.59. The van der Waals surface area contributed by atoms with Crippen molar-refractivity contribution in [3.63, 3.8) is 0 Å². The van der Waals surface area contributed by atoms with Crippen molar-refractivity contribution < 1.29 is 68.1 Å². The highest BCUT2D eigenvalue weighted by molar-refractivity contribution is 5.76. The summed E-state index contributed by atoms with van der Waals surface area (Å²) in [5.41, 5.74) is -7.55. The summed E-state index contributed by atoms with van der Waals surface area (Å²) >= 11 is 0. The molecule has 0 radical (unpaired) electrons. The normalized spacial score (nSPS) is 16.8. The quantitative estimate of drug-likeness (QED) is 0.409. The highest BCUT2D eigenvalue weighted by Gasteiger charge is 2.81. The van der Waals surface area contributed by atoms with Gasteiger partial charge in [-0.15, -0.1) is 0 Å². The molecule has 2 atom stereocenters. The van der Waals surface area contributed by atoms with E-state index < -0.39 is 66.8 Å². The van der Waals surface area contributed by atoms with Crippen LogP contribution in [0.2, 0.25) is 0 Å². The molecular weight excluding hydrogens is 450 g/mol. The third kappa shape index (κ3) is 5.88. The maximum absolute atomic E-state index is 13.9. The van der Waals surface area contributed by atoms with Gasteiger partial charge in [0, 0.05) is 0 Å². The average molecular weight is 468 g/mol. The molecule has 0 saturated carbocycles. The molecule has 0 aromatic heterocycles. The standard InChI is InChI=1S/C15H18F10O5/c1-4-11(2,3)10(27)29-6-5-7(26)30-8(14(20,21)22)13(18,19)12(28,9(16)17)15(23,24)25/h8-9,28H,4-6H2,1-3H3. The predicted molar refractivity (Wildman–Crippen MR) is 77.5 cm³/mol. The molecule has 2 unspecified atom stereocenters. The molecule has 30 heavy (non-hydrogen) atoms. The van der Waals surface area contributed by atoms with Crippen LogP contribution in [0.25, 0.3) is 0 Å². The van der Waals surface area contributed by atoms with Crippen molar-refractivity contribution >= 4 is 11.9 Å². The van der Waals surface area contributed by atoms with Crippen LogP contribution >= 0.6 is 0 Å². The molecule has 0 amide bonds. The molecule has 1 N–H and O–H groups in total. The van der Waals surface area contributed by atoms with E-state index in [1.807, 2.05) is 0 Å². The van der Waals surface area contributed by atoms with Crippen molar-refractivity contribution in [2.45, 2.75) is 70.0 Å². The van der Waals surface area contributed by atoms with Crippen LogP contribution < -0.4 is 0 Å². The number of halogens is 10. The second-order valence-corrected chi connectivity index (χ2v) is 6.72. The lowest BCUT2D eigenvalue weighted by Gasteiger charge is -2.40. The number of alkyl halides is 10. The molecule has 0 bridgehead atoms. The monoisotopic (exact) mass is 468 g/mol. The van der Waals surface area contributed by atoms with Gasteiger partial charge in [-0.25, -0.2) is 8.78 Å². The Bertz CT molecular complexity index is 614. The van der Waals surface area contributed by atoms with Gasteiger partial charge in [0.1, 0.15) is 6.61 Å². The number of carbonyl (C=O) groups excluding carboxylic acids is 2. The van der Waals surface area contributed by atoms with E-state index in [4.69, 9.17) is 5.11 Å². The maximum Gasteiger partial charge on any atom is 0.431 e. The molecule has 0 aromatic rings. The summed E-state index contributed by atoms with van der Waals surface area (Å²) in [5, 5.41) is 8.78. The Morgan fingerprint density at radius 2 is 1.43 bits per heavy atom. The van der Waals surface area contributed by atoms with Crippen molar-refractivity contribution in [1.82, 2.24) is 0 Å². The smallest absolute Gasteiger partial charge is 0.431 e. The van der Waals surface area contributed by atoms with Gasteiger partial charge in [0.2, 0.25) is 0 Å². The minimum absolute atomic E-state index is 0.238. The summed E-state index contributed by atoms with van der Waals surface area (Å²) in [6.45, 7) is 3.37. The van der Waals surface area contributed by atoms with E-state index in [1.54, 1.807) is 6.92 Å². The molecule has 0 heterocycles. The molecule has 0 rings (SSSR count). The third-order valence-corrected chi connectivity index (χ3v) is 4.11. The van der Waals surface area contributed by atoms with E-state index in [9.17, 15) is 53.5 Å². The Kier molecular flexibility index (Phi) is 8.59. The summed E-state index contributed by atoms with van der Waals surface area (Å²) < 4.78 is 137.